The quantitative estimate of drug-likeness (QED) is 0.424. The van der Waals surface area contributed by atoms with Crippen LogP contribution in [0.25, 0.3) is 0 Å². The summed E-state index contributed by atoms with van der Waals surface area (Å²) in [6.07, 6.45) is -5.55. The van der Waals surface area contributed by atoms with Crippen LogP contribution in [0.3, 0.4) is 0 Å². The van der Waals surface area contributed by atoms with Crippen molar-refractivity contribution in [3.8, 4) is 11.5 Å². The molecule has 0 aliphatic carbocycles. The lowest BCUT2D eigenvalue weighted by atomic mass is 9.99. The molecule has 0 amide bonds. The van der Waals surface area contributed by atoms with Crippen molar-refractivity contribution in [3.05, 3.63) is 24.3 Å². The molecule has 1 saturated heterocycles. The van der Waals surface area contributed by atoms with Crippen LogP contribution in [-0.4, -0.2) is 76.4 Å². The van der Waals surface area contributed by atoms with Gasteiger partial charge in [-0.05, 0) is 45.0 Å². The fourth-order valence-electron chi connectivity index (χ4n) is 2.60. The third-order valence-corrected chi connectivity index (χ3v) is 3.97. The van der Waals surface area contributed by atoms with Gasteiger partial charge in [0.05, 0.1) is 13.2 Å². The van der Waals surface area contributed by atoms with E-state index in [9.17, 15) is 20.4 Å². The first kappa shape index (κ1) is 20.9. The number of hydrogen-bond acceptors (Lipinski definition) is 8. The Balaban J connectivity index is 2.04. The van der Waals surface area contributed by atoms with E-state index in [1.54, 1.807) is 0 Å². The molecular weight excluding hydrogens is 342 g/mol. The Kier molecular flexibility index (Phi) is 7.22. The largest absolute Gasteiger partial charge is 0.508 e. The molecule has 0 aromatic heterocycles. The van der Waals surface area contributed by atoms with Gasteiger partial charge in [0.25, 0.3) is 0 Å². The maximum absolute atomic E-state index is 10.4. The van der Waals surface area contributed by atoms with Crippen molar-refractivity contribution >= 4 is 0 Å². The standard InChI is InChI=1S/C18H29NO7/c1-18(2,3)19-8-9-24-17-16(15(23)14(22)13(10-20)26-17)25-12-6-4-11(21)5-7-12/h4-7,13-17,19-23H,8-10H2,1-3H3/t13?,14-,15?,16-,17-/m0/s1. The van der Waals surface area contributed by atoms with Gasteiger partial charge < -0.3 is 40.0 Å². The summed E-state index contributed by atoms with van der Waals surface area (Å²) in [7, 11) is 0. The van der Waals surface area contributed by atoms with E-state index in [0.29, 0.717) is 18.9 Å². The van der Waals surface area contributed by atoms with Crippen molar-refractivity contribution in [2.45, 2.75) is 57.0 Å². The van der Waals surface area contributed by atoms with Crippen LogP contribution in [0.2, 0.25) is 0 Å². The maximum Gasteiger partial charge on any atom is 0.197 e. The highest BCUT2D eigenvalue weighted by Crippen LogP contribution is 2.27. The van der Waals surface area contributed by atoms with E-state index >= 15 is 0 Å². The molecule has 8 heteroatoms. The monoisotopic (exact) mass is 371 g/mol. The molecule has 1 aromatic rings. The Morgan fingerprint density at radius 3 is 2.35 bits per heavy atom. The van der Waals surface area contributed by atoms with Crippen LogP contribution in [0, 0.1) is 0 Å². The smallest absolute Gasteiger partial charge is 0.197 e. The average Bonchev–Trinajstić information content (AvgIpc) is 2.58. The van der Waals surface area contributed by atoms with Gasteiger partial charge in [0.15, 0.2) is 12.4 Å². The Morgan fingerprint density at radius 2 is 1.77 bits per heavy atom. The molecule has 1 heterocycles. The minimum atomic E-state index is -1.31. The van der Waals surface area contributed by atoms with Gasteiger partial charge in [0.1, 0.15) is 29.8 Å². The second kappa shape index (κ2) is 8.98. The van der Waals surface area contributed by atoms with Crippen LogP contribution in [0.1, 0.15) is 20.8 Å². The Hall–Kier alpha value is -1.42. The van der Waals surface area contributed by atoms with E-state index in [2.05, 4.69) is 5.32 Å². The summed E-state index contributed by atoms with van der Waals surface area (Å²) >= 11 is 0. The van der Waals surface area contributed by atoms with Crippen molar-refractivity contribution in [2.75, 3.05) is 19.8 Å². The first-order chi connectivity index (χ1) is 12.2. The highest BCUT2D eigenvalue weighted by atomic mass is 16.7. The van der Waals surface area contributed by atoms with Crippen molar-refractivity contribution in [1.29, 1.82) is 0 Å². The Morgan fingerprint density at radius 1 is 1.12 bits per heavy atom. The number of aliphatic hydroxyl groups excluding tert-OH is 3. The highest BCUT2D eigenvalue weighted by molar-refractivity contribution is 5.30. The summed E-state index contributed by atoms with van der Waals surface area (Å²) in [4.78, 5) is 0. The van der Waals surface area contributed by atoms with E-state index < -0.39 is 37.3 Å². The predicted molar refractivity (Wildman–Crippen MR) is 94.0 cm³/mol. The van der Waals surface area contributed by atoms with Gasteiger partial charge in [-0.25, -0.2) is 0 Å². The van der Waals surface area contributed by atoms with Crippen molar-refractivity contribution < 1.29 is 34.6 Å². The van der Waals surface area contributed by atoms with Crippen LogP contribution in [0.5, 0.6) is 11.5 Å². The third-order valence-electron chi connectivity index (χ3n) is 3.97. The van der Waals surface area contributed by atoms with E-state index in [-0.39, 0.29) is 11.3 Å². The molecule has 1 fully saturated rings. The molecule has 8 nitrogen and oxygen atoms in total. The number of aliphatic hydroxyl groups is 3. The molecule has 1 aliphatic rings. The normalized spacial score (nSPS) is 29.5. The molecule has 1 aliphatic heterocycles. The van der Waals surface area contributed by atoms with Gasteiger partial charge in [-0.15, -0.1) is 0 Å². The number of ether oxygens (including phenoxy) is 3. The van der Waals surface area contributed by atoms with Gasteiger partial charge in [0, 0.05) is 12.1 Å². The molecule has 5 N–H and O–H groups in total. The SMILES string of the molecule is CC(C)(C)NCCO[C@H]1OC(CO)[C@H](O)C(O)[C@@H]1Oc1ccc(O)cc1. The molecule has 2 unspecified atom stereocenters. The van der Waals surface area contributed by atoms with Gasteiger partial charge in [0.2, 0.25) is 0 Å². The number of aromatic hydroxyl groups is 1. The van der Waals surface area contributed by atoms with Crippen molar-refractivity contribution in [2.24, 2.45) is 0 Å². The fourth-order valence-corrected chi connectivity index (χ4v) is 2.60. The first-order valence-electron chi connectivity index (χ1n) is 8.66. The molecule has 1 aromatic carbocycles. The summed E-state index contributed by atoms with van der Waals surface area (Å²) < 4.78 is 17.0. The van der Waals surface area contributed by atoms with Crippen LogP contribution in [-0.2, 0) is 9.47 Å². The lowest BCUT2D eigenvalue weighted by Crippen LogP contribution is -2.61. The predicted octanol–water partition coefficient (Wildman–Crippen LogP) is -0.0167. The van der Waals surface area contributed by atoms with Crippen LogP contribution in [0.4, 0.5) is 0 Å². The minimum absolute atomic E-state index is 0.0674. The highest BCUT2D eigenvalue weighted by Gasteiger charge is 2.46. The zero-order valence-corrected chi connectivity index (χ0v) is 15.3. The Labute approximate surface area is 153 Å². The van der Waals surface area contributed by atoms with Gasteiger partial charge >= 0.3 is 0 Å². The molecule has 148 valence electrons. The molecule has 0 bridgehead atoms. The summed E-state index contributed by atoms with van der Waals surface area (Å²) in [5, 5.41) is 42.5. The molecule has 0 saturated carbocycles. The number of phenolic OH excluding ortho intramolecular Hbond substituents is 1. The van der Waals surface area contributed by atoms with E-state index in [1.165, 1.54) is 24.3 Å². The third kappa shape index (κ3) is 5.80. The van der Waals surface area contributed by atoms with E-state index in [4.69, 9.17) is 14.2 Å². The Bertz CT molecular complexity index is 545. The molecule has 0 radical (unpaired) electrons. The van der Waals surface area contributed by atoms with Crippen LogP contribution >= 0.6 is 0 Å². The summed E-state index contributed by atoms with van der Waals surface area (Å²) in [5.74, 6) is 0.464. The van der Waals surface area contributed by atoms with Crippen LogP contribution in [0.15, 0.2) is 24.3 Å². The zero-order chi connectivity index (χ0) is 19.3. The zero-order valence-electron chi connectivity index (χ0n) is 15.3. The molecule has 2 rings (SSSR count). The topological polar surface area (TPSA) is 121 Å². The van der Waals surface area contributed by atoms with E-state index in [0.717, 1.165) is 0 Å². The second-order valence-corrected chi connectivity index (χ2v) is 7.33. The lowest BCUT2D eigenvalue weighted by molar-refractivity contribution is -0.295. The minimum Gasteiger partial charge on any atom is -0.508 e. The summed E-state index contributed by atoms with van der Waals surface area (Å²) in [5.41, 5.74) is -0.0674. The van der Waals surface area contributed by atoms with Crippen LogP contribution < -0.4 is 10.1 Å². The molecular formula is C18H29NO7. The molecule has 26 heavy (non-hydrogen) atoms. The molecule has 5 atom stereocenters. The maximum atomic E-state index is 10.4. The van der Waals surface area contributed by atoms with Crippen molar-refractivity contribution in [3.63, 3.8) is 0 Å². The number of rotatable bonds is 7. The fraction of sp³-hybridized carbons (Fsp3) is 0.667. The number of phenols is 1. The lowest BCUT2D eigenvalue weighted by Gasteiger charge is -2.41. The van der Waals surface area contributed by atoms with Gasteiger partial charge in [-0.2, -0.15) is 0 Å². The molecule has 0 spiro atoms. The van der Waals surface area contributed by atoms with E-state index in [1.807, 2.05) is 20.8 Å². The number of hydrogen-bond donors (Lipinski definition) is 5. The summed E-state index contributed by atoms with van der Waals surface area (Å²) in [6, 6.07) is 5.96. The second-order valence-electron chi connectivity index (χ2n) is 7.33. The number of nitrogens with one attached hydrogen (secondary N) is 1. The number of benzene rings is 1. The van der Waals surface area contributed by atoms with Gasteiger partial charge in [-0.3, -0.25) is 0 Å². The summed E-state index contributed by atoms with van der Waals surface area (Å²) in [6.45, 7) is 6.48. The first-order valence-corrected chi connectivity index (χ1v) is 8.66. The van der Waals surface area contributed by atoms with Crippen molar-refractivity contribution in [1.82, 2.24) is 5.32 Å². The van der Waals surface area contributed by atoms with Gasteiger partial charge in [-0.1, -0.05) is 0 Å². The average molecular weight is 371 g/mol.